The van der Waals surface area contributed by atoms with Crippen molar-refractivity contribution in [3.05, 3.63) is 65.2 Å². The Hall–Kier alpha value is -3.06. The van der Waals surface area contributed by atoms with E-state index in [0.717, 1.165) is 0 Å². The molecule has 1 fully saturated rings. The van der Waals surface area contributed by atoms with Crippen LogP contribution in [0.15, 0.2) is 54.6 Å². The molecule has 2 aromatic carbocycles. The minimum atomic E-state index is -1.13. The summed E-state index contributed by atoms with van der Waals surface area (Å²) in [6, 6.07) is 14.2. The molecule has 0 aliphatic carbocycles. The van der Waals surface area contributed by atoms with E-state index in [4.69, 9.17) is 25.8 Å². The van der Waals surface area contributed by atoms with Crippen LogP contribution < -0.4 is 4.90 Å². The fourth-order valence-electron chi connectivity index (χ4n) is 4.17. The van der Waals surface area contributed by atoms with Crippen molar-refractivity contribution in [2.45, 2.75) is 19.0 Å². The van der Waals surface area contributed by atoms with Gasteiger partial charge in [-0.2, -0.15) is 0 Å². The van der Waals surface area contributed by atoms with E-state index in [0.29, 0.717) is 16.3 Å². The Balaban J connectivity index is 2.27. The van der Waals surface area contributed by atoms with Crippen LogP contribution in [0.2, 0.25) is 5.02 Å². The van der Waals surface area contributed by atoms with Crippen molar-refractivity contribution in [1.82, 2.24) is 0 Å². The highest BCUT2D eigenvalue weighted by atomic mass is 35.5. The Morgan fingerprint density at radius 1 is 0.871 bits per heavy atom. The first-order chi connectivity index (χ1) is 14.9. The number of ether oxygens (including phenoxy) is 3. The molecule has 3 rings (SSSR count). The molecule has 0 N–H and O–H groups in total. The molecule has 0 radical (unpaired) electrons. The highest BCUT2D eigenvalue weighted by molar-refractivity contribution is 6.30. The monoisotopic (exact) mass is 445 g/mol. The first kappa shape index (κ1) is 22.6. The summed E-state index contributed by atoms with van der Waals surface area (Å²) in [5.41, 5.74) is 1.35. The number of carbonyl (C=O) groups excluding carboxylic acids is 3. The van der Waals surface area contributed by atoms with Crippen molar-refractivity contribution in [3.63, 3.8) is 0 Å². The van der Waals surface area contributed by atoms with Gasteiger partial charge < -0.3 is 19.1 Å². The summed E-state index contributed by atoms with van der Waals surface area (Å²) in [7, 11) is 2.47. The number of carbonyl (C=O) groups is 3. The Labute approximate surface area is 185 Å². The van der Waals surface area contributed by atoms with E-state index in [1.54, 1.807) is 36.1 Å². The van der Waals surface area contributed by atoms with Gasteiger partial charge >= 0.3 is 17.9 Å². The molecule has 4 atom stereocenters. The van der Waals surface area contributed by atoms with Gasteiger partial charge in [-0.25, -0.2) is 4.79 Å². The van der Waals surface area contributed by atoms with Crippen LogP contribution >= 0.6 is 11.6 Å². The number of nitrogens with zero attached hydrogens (tertiary/aromatic N) is 1. The molecule has 0 amide bonds. The third kappa shape index (κ3) is 4.37. The second kappa shape index (κ2) is 9.83. The highest BCUT2D eigenvalue weighted by Crippen LogP contribution is 2.48. The third-order valence-corrected chi connectivity index (χ3v) is 5.66. The van der Waals surface area contributed by atoms with Crippen LogP contribution in [0.4, 0.5) is 5.69 Å². The summed E-state index contributed by atoms with van der Waals surface area (Å²) >= 11 is 6.07. The van der Waals surface area contributed by atoms with E-state index in [2.05, 4.69) is 0 Å². The number of hydrogen-bond donors (Lipinski definition) is 0. The summed E-state index contributed by atoms with van der Waals surface area (Å²) in [6.07, 6.45) is 0. The number of methoxy groups -OCH3 is 2. The highest BCUT2D eigenvalue weighted by Gasteiger charge is 2.60. The van der Waals surface area contributed by atoms with Crippen LogP contribution in [0.25, 0.3) is 0 Å². The lowest BCUT2D eigenvalue weighted by Gasteiger charge is -2.32. The predicted octanol–water partition coefficient (Wildman–Crippen LogP) is 3.41. The lowest BCUT2D eigenvalue weighted by Crippen LogP contribution is -2.44. The van der Waals surface area contributed by atoms with Crippen LogP contribution in [-0.2, 0) is 28.6 Å². The van der Waals surface area contributed by atoms with Crippen LogP contribution in [-0.4, -0.2) is 44.8 Å². The van der Waals surface area contributed by atoms with Crippen molar-refractivity contribution in [1.29, 1.82) is 0 Å². The minimum absolute atomic E-state index is 0.125. The average Bonchev–Trinajstić information content (AvgIpc) is 3.15. The van der Waals surface area contributed by atoms with Gasteiger partial charge in [-0.1, -0.05) is 41.9 Å². The molecule has 31 heavy (non-hydrogen) atoms. The Kier molecular flexibility index (Phi) is 7.17. The Morgan fingerprint density at radius 2 is 1.45 bits per heavy atom. The van der Waals surface area contributed by atoms with Crippen molar-refractivity contribution in [2.24, 2.45) is 11.8 Å². The van der Waals surface area contributed by atoms with Gasteiger partial charge in [0.1, 0.15) is 12.0 Å². The molecule has 0 aromatic heterocycles. The Bertz CT molecular complexity index is 933. The van der Waals surface area contributed by atoms with Gasteiger partial charge in [0.15, 0.2) is 0 Å². The van der Waals surface area contributed by atoms with Crippen LogP contribution in [0.3, 0.4) is 0 Å². The van der Waals surface area contributed by atoms with E-state index < -0.39 is 41.8 Å². The van der Waals surface area contributed by atoms with Gasteiger partial charge in [0.2, 0.25) is 0 Å². The van der Waals surface area contributed by atoms with Crippen LogP contribution in [0, 0.1) is 11.8 Å². The zero-order chi connectivity index (χ0) is 22.5. The van der Waals surface area contributed by atoms with Gasteiger partial charge in [0.05, 0.1) is 32.8 Å². The molecular formula is C23H24ClNO6. The molecule has 1 saturated heterocycles. The third-order valence-electron chi connectivity index (χ3n) is 5.41. The summed E-state index contributed by atoms with van der Waals surface area (Å²) in [5, 5.41) is 0.522. The molecule has 1 heterocycles. The van der Waals surface area contributed by atoms with E-state index in [1.807, 2.05) is 30.3 Å². The number of halogens is 1. The maximum absolute atomic E-state index is 13.1. The molecule has 2 aromatic rings. The van der Waals surface area contributed by atoms with Crippen LogP contribution in [0.5, 0.6) is 0 Å². The second-order valence-corrected chi connectivity index (χ2v) is 7.47. The first-order valence-electron chi connectivity index (χ1n) is 9.85. The zero-order valence-corrected chi connectivity index (χ0v) is 18.2. The van der Waals surface area contributed by atoms with Crippen molar-refractivity contribution >= 4 is 35.2 Å². The van der Waals surface area contributed by atoms with E-state index in [1.165, 1.54) is 14.2 Å². The minimum Gasteiger partial charge on any atom is -0.469 e. The summed E-state index contributed by atoms with van der Waals surface area (Å²) in [4.78, 5) is 40.7. The van der Waals surface area contributed by atoms with Gasteiger partial charge in [-0.05, 0) is 36.8 Å². The molecule has 4 unspecified atom stereocenters. The molecule has 7 nitrogen and oxygen atoms in total. The van der Waals surface area contributed by atoms with Gasteiger partial charge in [0, 0.05) is 10.7 Å². The molecule has 0 bridgehead atoms. The number of esters is 3. The van der Waals surface area contributed by atoms with Gasteiger partial charge in [-0.15, -0.1) is 0 Å². The number of benzene rings is 2. The SMILES string of the molecule is CCOC(=O)C1C(C(=O)OC)C(C(=O)OC)C(c2ccc(Cl)cc2)N1c1ccccc1. The first-order valence-corrected chi connectivity index (χ1v) is 10.2. The normalized spacial score (nSPS) is 22.6. The van der Waals surface area contributed by atoms with E-state index >= 15 is 0 Å². The summed E-state index contributed by atoms with van der Waals surface area (Å²) in [6.45, 7) is 1.81. The fourth-order valence-corrected chi connectivity index (χ4v) is 4.30. The quantitative estimate of drug-likeness (QED) is 0.497. The second-order valence-electron chi connectivity index (χ2n) is 7.03. The molecular weight excluding hydrogens is 422 g/mol. The molecule has 0 spiro atoms. The standard InChI is InChI=1S/C23H24ClNO6/c1-4-31-23(28)20-18(22(27)30-3)17(21(26)29-2)19(14-10-12-15(24)13-11-14)25(20)16-8-6-5-7-9-16/h5-13,17-20H,4H2,1-3H3. The molecule has 164 valence electrons. The molecule has 1 aliphatic rings. The van der Waals surface area contributed by atoms with E-state index in [9.17, 15) is 14.4 Å². The molecule has 0 saturated carbocycles. The lowest BCUT2D eigenvalue weighted by atomic mass is 9.84. The average molecular weight is 446 g/mol. The Morgan fingerprint density at radius 3 is 2.00 bits per heavy atom. The fraction of sp³-hybridized carbons (Fsp3) is 0.348. The summed E-state index contributed by atoms with van der Waals surface area (Å²) < 4.78 is 15.4. The number of para-hydroxylation sites is 1. The number of hydrogen-bond acceptors (Lipinski definition) is 7. The van der Waals surface area contributed by atoms with Crippen molar-refractivity contribution in [2.75, 3.05) is 25.7 Å². The molecule has 8 heteroatoms. The number of anilines is 1. The number of rotatable bonds is 6. The van der Waals surface area contributed by atoms with Gasteiger partial charge in [-0.3, -0.25) is 9.59 Å². The largest absolute Gasteiger partial charge is 0.469 e. The summed E-state index contributed by atoms with van der Waals surface area (Å²) in [5.74, 6) is -4.06. The van der Waals surface area contributed by atoms with Crippen LogP contribution in [0.1, 0.15) is 18.5 Å². The maximum Gasteiger partial charge on any atom is 0.329 e. The topological polar surface area (TPSA) is 82.1 Å². The lowest BCUT2D eigenvalue weighted by molar-refractivity contribution is -0.160. The smallest absolute Gasteiger partial charge is 0.329 e. The van der Waals surface area contributed by atoms with Crippen molar-refractivity contribution in [3.8, 4) is 0 Å². The predicted molar refractivity (Wildman–Crippen MR) is 115 cm³/mol. The maximum atomic E-state index is 13.1. The zero-order valence-electron chi connectivity index (χ0n) is 17.5. The molecule has 1 aliphatic heterocycles. The van der Waals surface area contributed by atoms with Gasteiger partial charge in [0.25, 0.3) is 0 Å². The van der Waals surface area contributed by atoms with E-state index in [-0.39, 0.29) is 6.61 Å². The van der Waals surface area contributed by atoms with Crippen molar-refractivity contribution < 1.29 is 28.6 Å².